The average molecular weight is 580 g/mol. The Kier molecular flexibility index (Phi) is 8.48. The molecule has 9 nitrogen and oxygen atoms in total. The zero-order valence-corrected chi connectivity index (χ0v) is 23.4. The molecule has 3 heterocycles. The molecule has 2 aliphatic heterocycles. The monoisotopic (exact) mass is 579 g/mol. The van der Waals surface area contributed by atoms with Gasteiger partial charge in [0.15, 0.2) is 0 Å². The molecule has 2 amide bonds. The summed E-state index contributed by atoms with van der Waals surface area (Å²) in [5.41, 5.74) is -2.22. The number of halogens is 4. The zero-order chi connectivity index (χ0) is 30.2. The number of nitrogens with one attached hydrogen (secondary N) is 2. The van der Waals surface area contributed by atoms with Crippen LogP contribution in [0.1, 0.15) is 49.2 Å². The summed E-state index contributed by atoms with van der Waals surface area (Å²) >= 11 is 0. The lowest BCUT2D eigenvalue weighted by molar-refractivity contribution is -0.138. The van der Waals surface area contributed by atoms with Gasteiger partial charge in [-0.25, -0.2) is 9.18 Å². The van der Waals surface area contributed by atoms with Gasteiger partial charge >= 0.3 is 12.3 Å². The molecule has 0 bridgehead atoms. The zero-order valence-electron chi connectivity index (χ0n) is 23.4. The molecule has 2 N–H and O–H groups in total. The van der Waals surface area contributed by atoms with Gasteiger partial charge in [-0.3, -0.25) is 14.5 Å². The minimum atomic E-state index is -4.96. The number of carbonyl (C=O) groups excluding carboxylic acids is 2. The van der Waals surface area contributed by atoms with Gasteiger partial charge in [-0.15, -0.1) is 0 Å². The van der Waals surface area contributed by atoms with E-state index in [9.17, 15) is 27.6 Å². The average Bonchev–Trinajstić information content (AvgIpc) is 3.37. The summed E-state index contributed by atoms with van der Waals surface area (Å²) in [4.78, 5) is 44.7. The van der Waals surface area contributed by atoms with Crippen molar-refractivity contribution in [2.75, 3.05) is 43.4 Å². The van der Waals surface area contributed by atoms with Gasteiger partial charge in [-0.1, -0.05) is 6.08 Å². The molecule has 1 aromatic heterocycles. The summed E-state index contributed by atoms with van der Waals surface area (Å²) in [6.45, 7) is 8.61. The molecule has 2 aromatic rings. The van der Waals surface area contributed by atoms with Crippen molar-refractivity contribution >= 4 is 28.9 Å². The lowest BCUT2D eigenvalue weighted by atomic mass is 10.0. The number of anilines is 2. The number of hydrogen-bond acceptors (Lipinski definition) is 6. The molecule has 2 unspecified atom stereocenters. The highest BCUT2D eigenvalue weighted by Gasteiger charge is 2.36. The molecule has 13 heteroatoms. The van der Waals surface area contributed by atoms with E-state index >= 15 is 4.39 Å². The Morgan fingerprint density at radius 2 is 1.78 bits per heavy atom. The second-order valence-corrected chi connectivity index (χ2v) is 10.7. The first kappa shape index (κ1) is 30.1. The third-order valence-electron chi connectivity index (χ3n) is 7.37. The first-order valence-corrected chi connectivity index (χ1v) is 13.2. The van der Waals surface area contributed by atoms with Gasteiger partial charge in [0.2, 0.25) is 5.56 Å². The summed E-state index contributed by atoms with van der Waals surface area (Å²) in [6, 6.07) is 3.09. The van der Waals surface area contributed by atoms with Crippen molar-refractivity contribution in [1.29, 1.82) is 0 Å². The Bertz CT molecular complexity index is 1410. The molecule has 0 spiro atoms. The van der Waals surface area contributed by atoms with Crippen LogP contribution in [0.25, 0.3) is 5.57 Å². The Morgan fingerprint density at radius 3 is 2.39 bits per heavy atom. The van der Waals surface area contributed by atoms with Crippen LogP contribution in [0.2, 0.25) is 0 Å². The van der Waals surface area contributed by atoms with Crippen molar-refractivity contribution in [2.24, 2.45) is 0 Å². The van der Waals surface area contributed by atoms with E-state index in [-0.39, 0.29) is 42.5 Å². The van der Waals surface area contributed by atoms with Gasteiger partial charge in [-0.2, -0.15) is 13.2 Å². The van der Waals surface area contributed by atoms with E-state index in [1.807, 2.05) is 25.8 Å². The Labute approximate surface area is 234 Å². The van der Waals surface area contributed by atoms with Crippen LogP contribution in [0, 0.1) is 5.82 Å². The number of ether oxygens (including phenoxy) is 1. The fourth-order valence-electron chi connectivity index (χ4n) is 5.02. The number of piperazine rings is 1. The number of carbonyl (C=O) groups is 2. The maximum Gasteiger partial charge on any atom is 0.417 e. The van der Waals surface area contributed by atoms with E-state index in [0.717, 1.165) is 0 Å². The van der Waals surface area contributed by atoms with Gasteiger partial charge in [0.25, 0.3) is 5.91 Å². The summed E-state index contributed by atoms with van der Waals surface area (Å²) in [6.07, 6.45) is -3.48. The minimum Gasteiger partial charge on any atom is -0.447 e. The maximum atomic E-state index is 15.7. The van der Waals surface area contributed by atoms with Crippen molar-refractivity contribution in [2.45, 2.75) is 52.1 Å². The highest BCUT2D eigenvalue weighted by molar-refractivity contribution is 6.07. The Balaban J connectivity index is 1.74. The SMILES string of the molecule is CC(C)OC(=O)N1CC=C(c2cc(NC(=O)c3c[nH]c(=O)cc3C(F)(F)F)c(N3CC(C)N(C)C(C)C3)cc2F)C1. The molecule has 1 saturated heterocycles. The molecule has 0 radical (unpaired) electrons. The number of H-pyrrole nitrogens is 1. The molecule has 0 aliphatic carbocycles. The fraction of sp³-hybridized carbons (Fsp3) is 0.464. The topological polar surface area (TPSA) is 98.0 Å². The first-order chi connectivity index (χ1) is 19.1. The number of hydrogen-bond donors (Lipinski definition) is 2. The van der Waals surface area contributed by atoms with Crippen molar-refractivity contribution in [3.05, 3.63) is 63.3 Å². The summed E-state index contributed by atoms with van der Waals surface area (Å²) < 4.78 is 61.9. The quantitative estimate of drug-likeness (QED) is 0.505. The number of amides is 2. The number of pyridine rings is 1. The van der Waals surface area contributed by atoms with E-state index in [4.69, 9.17) is 4.74 Å². The minimum absolute atomic E-state index is 0.0515. The second kappa shape index (κ2) is 11.6. The van der Waals surface area contributed by atoms with Crippen LogP contribution in [0.4, 0.5) is 33.7 Å². The number of aromatic nitrogens is 1. The van der Waals surface area contributed by atoms with Crippen LogP contribution in [-0.4, -0.2) is 78.2 Å². The van der Waals surface area contributed by atoms with Crippen LogP contribution in [0.5, 0.6) is 0 Å². The van der Waals surface area contributed by atoms with E-state index in [1.165, 1.54) is 17.0 Å². The largest absolute Gasteiger partial charge is 0.447 e. The van der Waals surface area contributed by atoms with Gasteiger partial charge < -0.3 is 24.8 Å². The first-order valence-electron chi connectivity index (χ1n) is 13.2. The summed E-state index contributed by atoms with van der Waals surface area (Å²) in [5.74, 6) is -1.73. The molecule has 1 fully saturated rings. The molecule has 4 rings (SSSR count). The van der Waals surface area contributed by atoms with Gasteiger partial charge in [-0.05, 0) is 52.4 Å². The predicted molar refractivity (Wildman–Crippen MR) is 146 cm³/mol. The molecule has 2 atom stereocenters. The van der Waals surface area contributed by atoms with E-state index in [2.05, 4.69) is 15.2 Å². The van der Waals surface area contributed by atoms with Gasteiger partial charge in [0.1, 0.15) is 5.82 Å². The van der Waals surface area contributed by atoms with E-state index in [1.54, 1.807) is 19.9 Å². The Morgan fingerprint density at radius 1 is 1.12 bits per heavy atom. The van der Waals surface area contributed by atoms with Crippen LogP contribution >= 0.6 is 0 Å². The van der Waals surface area contributed by atoms with Gasteiger partial charge in [0, 0.05) is 56.1 Å². The van der Waals surface area contributed by atoms with Crippen LogP contribution in [0.3, 0.4) is 0 Å². The predicted octanol–water partition coefficient (Wildman–Crippen LogP) is 4.56. The lowest BCUT2D eigenvalue weighted by Crippen LogP contribution is -2.55. The Hall–Kier alpha value is -3.87. The molecule has 1 aromatic carbocycles. The third kappa shape index (κ3) is 6.55. The number of rotatable bonds is 5. The van der Waals surface area contributed by atoms with Crippen LogP contribution in [0.15, 0.2) is 35.3 Å². The van der Waals surface area contributed by atoms with Gasteiger partial charge in [0.05, 0.1) is 28.6 Å². The summed E-state index contributed by atoms with van der Waals surface area (Å²) in [5, 5.41) is 2.53. The molecular formula is C28H33F4N5O4. The molecule has 0 saturated carbocycles. The number of likely N-dealkylation sites (N-methyl/N-ethyl adjacent to an activating group) is 1. The number of nitrogens with zero attached hydrogens (tertiary/aromatic N) is 3. The van der Waals surface area contributed by atoms with E-state index in [0.29, 0.717) is 36.6 Å². The van der Waals surface area contributed by atoms with E-state index < -0.39 is 40.7 Å². The molecule has 2 aliphatic rings. The maximum absolute atomic E-state index is 15.7. The lowest BCUT2D eigenvalue weighted by Gasteiger charge is -2.44. The smallest absolute Gasteiger partial charge is 0.417 e. The summed E-state index contributed by atoms with van der Waals surface area (Å²) in [7, 11) is 1.97. The molecule has 222 valence electrons. The molecular weight excluding hydrogens is 546 g/mol. The second-order valence-electron chi connectivity index (χ2n) is 10.7. The van der Waals surface area contributed by atoms with Crippen molar-refractivity contribution in [3.63, 3.8) is 0 Å². The molecule has 41 heavy (non-hydrogen) atoms. The number of aromatic amines is 1. The van der Waals surface area contributed by atoms with Crippen LogP contribution in [-0.2, 0) is 10.9 Å². The van der Waals surface area contributed by atoms with Crippen molar-refractivity contribution in [1.82, 2.24) is 14.8 Å². The fourth-order valence-corrected chi connectivity index (χ4v) is 5.02. The normalized spacial score (nSPS) is 19.9. The number of benzene rings is 1. The third-order valence-corrected chi connectivity index (χ3v) is 7.37. The van der Waals surface area contributed by atoms with Crippen molar-refractivity contribution in [3.8, 4) is 0 Å². The van der Waals surface area contributed by atoms with Crippen molar-refractivity contribution < 1.29 is 31.9 Å². The number of alkyl halides is 3. The van der Waals surface area contributed by atoms with Crippen LogP contribution < -0.4 is 15.8 Å². The highest BCUT2D eigenvalue weighted by Crippen LogP contribution is 2.37. The highest BCUT2D eigenvalue weighted by atomic mass is 19.4. The standard InChI is InChI=1S/C28H33F4N5O4/c1-15(2)41-27(40)36-7-6-18(14-36)19-8-23(24(10-22(19)29)37-12-16(3)35(5)17(4)13-37)34-26(39)20-11-33-25(38)9-21(20)28(30,31)32/h6,8-11,15-17H,7,12-14H2,1-5H3,(H,33,38)(H,34,39).